The first-order chi connectivity index (χ1) is 9.70. The standard InChI is InChI=1S/C15H18FN3O/c1-2-20-15-9-14(13(17)8-12(15)16)19-7-5-11-4-3-6-18-10-11/h3-4,6,8-10,19H,2,5,7,17H2,1H3. The lowest BCUT2D eigenvalue weighted by Gasteiger charge is -2.12. The first kappa shape index (κ1) is 14.1. The van der Waals surface area contributed by atoms with Crippen LogP contribution in [0.2, 0.25) is 0 Å². The average Bonchev–Trinajstić information content (AvgIpc) is 2.45. The van der Waals surface area contributed by atoms with Gasteiger partial charge in [-0.15, -0.1) is 0 Å². The molecule has 1 heterocycles. The summed E-state index contributed by atoms with van der Waals surface area (Å²) in [6, 6.07) is 6.78. The highest BCUT2D eigenvalue weighted by Crippen LogP contribution is 2.28. The SMILES string of the molecule is CCOc1cc(NCCc2cccnc2)c(N)cc1F. The van der Waals surface area contributed by atoms with Crippen LogP contribution in [0.15, 0.2) is 36.7 Å². The van der Waals surface area contributed by atoms with Gasteiger partial charge in [-0.1, -0.05) is 6.07 Å². The number of ether oxygens (including phenoxy) is 1. The van der Waals surface area contributed by atoms with E-state index in [1.807, 2.05) is 25.3 Å². The number of pyridine rings is 1. The molecule has 0 aliphatic heterocycles. The molecule has 5 heteroatoms. The lowest BCUT2D eigenvalue weighted by Crippen LogP contribution is -2.08. The Bertz CT molecular complexity index is 561. The van der Waals surface area contributed by atoms with Crippen molar-refractivity contribution in [1.82, 2.24) is 4.98 Å². The molecule has 2 aromatic rings. The third kappa shape index (κ3) is 3.60. The van der Waals surface area contributed by atoms with Crippen molar-refractivity contribution in [3.63, 3.8) is 0 Å². The maximum absolute atomic E-state index is 13.6. The minimum absolute atomic E-state index is 0.213. The van der Waals surface area contributed by atoms with Crippen molar-refractivity contribution in [2.75, 3.05) is 24.2 Å². The molecule has 106 valence electrons. The number of hydrogen-bond donors (Lipinski definition) is 2. The maximum atomic E-state index is 13.6. The molecule has 0 bridgehead atoms. The van der Waals surface area contributed by atoms with Crippen molar-refractivity contribution in [1.29, 1.82) is 0 Å². The molecular formula is C15H18FN3O. The van der Waals surface area contributed by atoms with Gasteiger partial charge in [-0.05, 0) is 25.0 Å². The molecule has 0 radical (unpaired) electrons. The van der Waals surface area contributed by atoms with E-state index in [1.165, 1.54) is 6.07 Å². The van der Waals surface area contributed by atoms with E-state index in [9.17, 15) is 4.39 Å². The van der Waals surface area contributed by atoms with Gasteiger partial charge >= 0.3 is 0 Å². The van der Waals surface area contributed by atoms with E-state index in [2.05, 4.69) is 10.3 Å². The second-order valence-electron chi connectivity index (χ2n) is 4.34. The van der Waals surface area contributed by atoms with Gasteiger partial charge in [0.1, 0.15) is 0 Å². The zero-order valence-electron chi connectivity index (χ0n) is 11.4. The topological polar surface area (TPSA) is 60.2 Å². The second-order valence-corrected chi connectivity index (χ2v) is 4.34. The molecule has 1 aromatic carbocycles. The van der Waals surface area contributed by atoms with Crippen LogP contribution in [0.5, 0.6) is 5.75 Å². The lowest BCUT2D eigenvalue weighted by molar-refractivity contribution is 0.322. The number of halogens is 1. The maximum Gasteiger partial charge on any atom is 0.167 e. The summed E-state index contributed by atoms with van der Waals surface area (Å²) in [7, 11) is 0. The Balaban J connectivity index is 2.00. The Kier molecular flexibility index (Phi) is 4.76. The Hall–Kier alpha value is -2.30. The number of nitrogens with two attached hydrogens (primary N) is 1. The number of nitrogens with one attached hydrogen (secondary N) is 1. The lowest BCUT2D eigenvalue weighted by atomic mass is 10.2. The van der Waals surface area contributed by atoms with Crippen molar-refractivity contribution in [2.45, 2.75) is 13.3 Å². The van der Waals surface area contributed by atoms with E-state index in [0.717, 1.165) is 12.0 Å². The summed E-state index contributed by atoms with van der Waals surface area (Å²) in [5.41, 5.74) is 7.98. The molecule has 3 N–H and O–H groups in total. The Morgan fingerprint density at radius 3 is 2.95 bits per heavy atom. The summed E-state index contributed by atoms with van der Waals surface area (Å²) < 4.78 is 18.8. The van der Waals surface area contributed by atoms with Crippen molar-refractivity contribution >= 4 is 11.4 Å². The van der Waals surface area contributed by atoms with Crippen LogP contribution < -0.4 is 15.8 Å². The predicted molar refractivity (Wildman–Crippen MR) is 78.4 cm³/mol. The second kappa shape index (κ2) is 6.75. The van der Waals surface area contributed by atoms with Gasteiger partial charge < -0.3 is 15.8 Å². The normalized spacial score (nSPS) is 10.3. The minimum Gasteiger partial charge on any atom is -0.491 e. The van der Waals surface area contributed by atoms with Gasteiger partial charge in [-0.2, -0.15) is 0 Å². The Morgan fingerprint density at radius 2 is 2.25 bits per heavy atom. The molecule has 0 fully saturated rings. The van der Waals surface area contributed by atoms with E-state index in [4.69, 9.17) is 10.5 Å². The smallest absolute Gasteiger partial charge is 0.167 e. The Morgan fingerprint density at radius 1 is 1.40 bits per heavy atom. The van der Waals surface area contributed by atoms with E-state index >= 15 is 0 Å². The molecule has 0 atom stereocenters. The van der Waals surface area contributed by atoms with E-state index < -0.39 is 5.82 Å². The van der Waals surface area contributed by atoms with E-state index in [1.54, 1.807) is 12.3 Å². The Labute approximate surface area is 117 Å². The number of nitrogens with zero attached hydrogens (tertiary/aromatic N) is 1. The molecular weight excluding hydrogens is 257 g/mol. The van der Waals surface area contributed by atoms with Crippen molar-refractivity contribution in [3.05, 3.63) is 48.0 Å². The van der Waals surface area contributed by atoms with Crippen LogP contribution in [0, 0.1) is 5.82 Å². The number of hydrogen-bond acceptors (Lipinski definition) is 4. The molecule has 0 saturated carbocycles. The number of aromatic nitrogens is 1. The van der Waals surface area contributed by atoms with Crippen molar-refractivity contribution in [3.8, 4) is 5.75 Å². The van der Waals surface area contributed by atoms with Gasteiger partial charge in [0.15, 0.2) is 11.6 Å². The van der Waals surface area contributed by atoms with Crippen LogP contribution in [-0.4, -0.2) is 18.1 Å². The molecule has 0 aliphatic carbocycles. The number of benzene rings is 1. The van der Waals surface area contributed by atoms with Gasteiger partial charge in [-0.25, -0.2) is 4.39 Å². The number of rotatable bonds is 6. The highest BCUT2D eigenvalue weighted by Gasteiger charge is 2.08. The average molecular weight is 275 g/mol. The fourth-order valence-corrected chi connectivity index (χ4v) is 1.88. The van der Waals surface area contributed by atoms with Crippen molar-refractivity contribution < 1.29 is 9.13 Å². The molecule has 0 amide bonds. The van der Waals surface area contributed by atoms with E-state index in [0.29, 0.717) is 24.5 Å². The van der Waals surface area contributed by atoms with E-state index in [-0.39, 0.29) is 5.75 Å². The van der Waals surface area contributed by atoms with Gasteiger partial charge in [0.05, 0.1) is 18.0 Å². The summed E-state index contributed by atoms with van der Waals surface area (Å²) in [6.07, 6.45) is 4.37. The fraction of sp³-hybridized carbons (Fsp3) is 0.267. The molecule has 4 nitrogen and oxygen atoms in total. The molecule has 1 aromatic heterocycles. The summed E-state index contributed by atoms with van der Waals surface area (Å²) in [6.45, 7) is 2.91. The summed E-state index contributed by atoms with van der Waals surface area (Å²) in [4.78, 5) is 4.06. The highest BCUT2D eigenvalue weighted by atomic mass is 19.1. The zero-order valence-corrected chi connectivity index (χ0v) is 11.4. The number of anilines is 2. The van der Waals surface area contributed by atoms with Crippen LogP contribution in [-0.2, 0) is 6.42 Å². The highest BCUT2D eigenvalue weighted by molar-refractivity contribution is 5.68. The van der Waals surface area contributed by atoms with Crippen LogP contribution in [0.4, 0.5) is 15.8 Å². The van der Waals surface area contributed by atoms with Crippen molar-refractivity contribution in [2.24, 2.45) is 0 Å². The summed E-state index contributed by atoms with van der Waals surface area (Å²) >= 11 is 0. The minimum atomic E-state index is -0.442. The van der Waals surface area contributed by atoms with Gasteiger partial charge in [0.25, 0.3) is 0 Å². The molecule has 0 spiro atoms. The quantitative estimate of drug-likeness (QED) is 0.796. The van der Waals surface area contributed by atoms with Gasteiger partial charge in [-0.3, -0.25) is 4.98 Å². The molecule has 0 unspecified atom stereocenters. The van der Waals surface area contributed by atoms with Crippen LogP contribution in [0.3, 0.4) is 0 Å². The van der Waals surface area contributed by atoms with Gasteiger partial charge in [0, 0.05) is 31.1 Å². The fourth-order valence-electron chi connectivity index (χ4n) is 1.88. The van der Waals surface area contributed by atoms with Gasteiger partial charge in [0.2, 0.25) is 0 Å². The predicted octanol–water partition coefficient (Wildman–Crippen LogP) is 2.86. The third-order valence-corrected chi connectivity index (χ3v) is 2.86. The molecule has 2 rings (SSSR count). The molecule has 0 aliphatic rings. The summed E-state index contributed by atoms with van der Waals surface area (Å²) in [5, 5.41) is 3.19. The molecule has 0 saturated heterocycles. The zero-order chi connectivity index (χ0) is 14.4. The molecule has 20 heavy (non-hydrogen) atoms. The third-order valence-electron chi connectivity index (χ3n) is 2.86. The van der Waals surface area contributed by atoms with Crippen LogP contribution in [0.1, 0.15) is 12.5 Å². The van der Waals surface area contributed by atoms with Crippen LogP contribution >= 0.6 is 0 Å². The van der Waals surface area contributed by atoms with Crippen LogP contribution in [0.25, 0.3) is 0 Å². The number of nitrogen functional groups attached to an aromatic ring is 1. The first-order valence-corrected chi connectivity index (χ1v) is 6.55. The monoisotopic (exact) mass is 275 g/mol. The first-order valence-electron chi connectivity index (χ1n) is 6.55. The largest absolute Gasteiger partial charge is 0.491 e. The summed E-state index contributed by atoms with van der Waals surface area (Å²) in [5.74, 6) is -0.229.